The smallest absolute Gasteiger partial charge is 0.270 e. The van der Waals surface area contributed by atoms with Crippen molar-refractivity contribution in [3.8, 4) is 0 Å². The fraction of sp³-hybridized carbons (Fsp3) is 0.583. The van der Waals surface area contributed by atoms with Crippen molar-refractivity contribution in [2.75, 3.05) is 13.1 Å². The number of likely N-dealkylation sites (tertiary alicyclic amines) is 1. The molecule has 0 spiro atoms. The second kappa shape index (κ2) is 3.63. The molecule has 0 unspecified atom stereocenters. The lowest BCUT2D eigenvalue weighted by atomic mass is 9.92. The molecule has 0 bridgehead atoms. The van der Waals surface area contributed by atoms with Crippen molar-refractivity contribution in [2.45, 2.75) is 31.4 Å². The Kier molecular flexibility index (Phi) is 2.24. The van der Waals surface area contributed by atoms with Crippen molar-refractivity contribution in [2.24, 2.45) is 0 Å². The van der Waals surface area contributed by atoms with Gasteiger partial charge in [0.25, 0.3) is 5.91 Å². The van der Waals surface area contributed by atoms with E-state index in [-0.39, 0.29) is 12.0 Å². The predicted molar refractivity (Wildman–Crippen MR) is 59.2 cm³/mol. The summed E-state index contributed by atoms with van der Waals surface area (Å²) in [4.78, 5) is 13.8. The number of carbonyl (C=O) groups is 1. The molecule has 2 aliphatic rings. The van der Waals surface area contributed by atoms with E-state index in [0.717, 1.165) is 5.69 Å². The summed E-state index contributed by atoms with van der Waals surface area (Å²) in [5.74, 6) is 0.0576. The van der Waals surface area contributed by atoms with Gasteiger partial charge in [0.15, 0.2) is 0 Å². The van der Waals surface area contributed by atoms with Crippen LogP contribution in [-0.4, -0.2) is 39.7 Å². The maximum absolute atomic E-state index is 12.1. The van der Waals surface area contributed by atoms with Crippen LogP contribution in [0.3, 0.4) is 0 Å². The lowest BCUT2D eigenvalue weighted by Crippen LogP contribution is -2.53. The van der Waals surface area contributed by atoms with Gasteiger partial charge in [-0.15, -0.1) is 0 Å². The number of aliphatic hydroxyl groups excluding tert-OH is 1. The number of β-amino-alcohol motifs (C(OH)–C–C–N with tert-alkyl or cyclic N) is 1. The number of amides is 1. The van der Waals surface area contributed by atoms with Crippen LogP contribution in [-0.2, 0) is 0 Å². The first-order valence-electron chi connectivity index (χ1n) is 5.90. The van der Waals surface area contributed by atoms with Gasteiger partial charge in [-0.2, -0.15) is 0 Å². The Bertz CT molecular complexity index is 403. The fourth-order valence-electron chi connectivity index (χ4n) is 2.34. The van der Waals surface area contributed by atoms with Crippen LogP contribution >= 0.6 is 0 Å². The quantitative estimate of drug-likeness (QED) is 0.809. The van der Waals surface area contributed by atoms with Crippen LogP contribution in [0.1, 0.15) is 35.8 Å². The van der Waals surface area contributed by atoms with Crippen molar-refractivity contribution in [1.29, 1.82) is 0 Å². The summed E-state index contributed by atoms with van der Waals surface area (Å²) in [6.45, 7) is 0.962. The van der Waals surface area contributed by atoms with Crippen molar-refractivity contribution < 1.29 is 9.90 Å². The fourth-order valence-corrected chi connectivity index (χ4v) is 2.34. The summed E-state index contributed by atoms with van der Waals surface area (Å²) in [5, 5.41) is 9.20. The summed E-state index contributed by atoms with van der Waals surface area (Å²) < 4.78 is 2.09. The van der Waals surface area contributed by atoms with Crippen LogP contribution in [0.15, 0.2) is 18.3 Å². The average Bonchev–Trinajstić information content (AvgIpc) is 2.58. The van der Waals surface area contributed by atoms with Crippen molar-refractivity contribution in [1.82, 2.24) is 9.47 Å². The summed E-state index contributed by atoms with van der Waals surface area (Å²) in [7, 11) is 0. The van der Waals surface area contributed by atoms with E-state index in [0.29, 0.717) is 19.1 Å². The molecule has 4 heteroatoms. The zero-order valence-electron chi connectivity index (χ0n) is 9.17. The van der Waals surface area contributed by atoms with Gasteiger partial charge in [0.05, 0.1) is 6.10 Å². The van der Waals surface area contributed by atoms with Crippen molar-refractivity contribution in [3.05, 3.63) is 24.0 Å². The van der Waals surface area contributed by atoms with Gasteiger partial charge in [-0.3, -0.25) is 4.79 Å². The van der Waals surface area contributed by atoms with Gasteiger partial charge in [-0.1, -0.05) is 0 Å². The minimum Gasteiger partial charge on any atom is -0.389 e. The number of hydrogen-bond acceptors (Lipinski definition) is 2. The van der Waals surface area contributed by atoms with Crippen molar-refractivity contribution in [3.63, 3.8) is 0 Å². The Labute approximate surface area is 94.5 Å². The number of aromatic nitrogens is 1. The molecule has 3 rings (SSSR count). The molecule has 4 nitrogen and oxygen atoms in total. The van der Waals surface area contributed by atoms with Crippen LogP contribution in [0.4, 0.5) is 0 Å². The van der Waals surface area contributed by atoms with Crippen LogP contribution in [0.25, 0.3) is 0 Å². The topological polar surface area (TPSA) is 45.5 Å². The molecule has 1 amide bonds. The van der Waals surface area contributed by atoms with Gasteiger partial charge in [0.2, 0.25) is 0 Å². The molecular weight excluding hydrogens is 204 g/mol. The molecule has 0 aromatic carbocycles. The first-order valence-corrected chi connectivity index (χ1v) is 5.90. The largest absolute Gasteiger partial charge is 0.389 e. The number of nitrogens with zero attached hydrogens (tertiary/aromatic N) is 2. The molecule has 1 aliphatic carbocycles. The molecule has 0 radical (unpaired) electrons. The second-order valence-corrected chi connectivity index (χ2v) is 4.75. The zero-order chi connectivity index (χ0) is 11.1. The molecule has 1 saturated heterocycles. The molecule has 2 heterocycles. The molecule has 1 aromatic heterocycles. The minimum atomic E-state index is -0.323. The van der Waals surface area contributed by atoms with Gasteiger partial charge in [0.1, 0.15) is 5.69 Å². The molecule has 86 valence electrons. The van der Waals surface area contributed by atoms with Crippen LogP contribution in [0, 0.1) is 0 Å². The highest BCUT2D eigenvalue weighted by molar-refractivity contribution is 5.93. The van der Waals surface area contributed by atoms with E-state index in [1.807, 2.05) is 18.3 Å². The maximum atomic E-state index is 12.1. The van der Waals surface area contributed by atoms with Gasteiger partial charge < -0.3 is 14.6 Å². The molecule has 1 N–H and O–H groups in total. The van der Waals surface area contributed by atoms with Crippen molar-refractivity contribution >= 4 is 5.91 Å². The molecular formula is C12H16N2O2. The van der Waals surface area contributed by atoms with Gasteiger partial charge in [0, 0.05) is 25.3 Å². The van der Waals surface area contributed by atoms with Crippen LogP contribution in [0.2, 0.25) is 0 Å². The highest BCUT2D eigenvalue weighted by Crippen LogP contribution is 2.33. The maximum Gasteiger partial charge on any atom is 0.270 e. The Morgan fingerprint density at radius 3 is 2.69 bits per heavy atom. The highest BCUT2D eigenvalue weighted by atomic mass is 16.3. The second-order valence-electron chi connectivity index (χ2n) is 4.75. The van der Waals surface area contributed by atoms with E-state index < -0.39 is 0 Å². The van der Waals surface area contributed by atoms with Gasteiger partial charge >= 0.3 is 0 Å². The van der Waals surface area contributed by atoms with E-state index in [1.165, 1.54) is 19.3 Å². The first kappa shape index (κ1) is 9.90. The first-order chi connectivity index (χ1) is 7.75. The zero-order valence-corrected chi connectivity index (χ0v) is 9.17. The third kappa shape index (κ3) is 1.45. The van der Waals surface area contributed by atoms with Gasteiger partial charge in [-0.25, -0.2) is 0 Å². The van der Waals surface area contributed by atoms with E-state index in [9.17, 15) is 9.90 Å². The van der Waals surface area contributed by atoms with Crippen LogP contribution in [0.5, 0.6) is 0 Å². The third-order valence-electron chi connectivity index (χ3n) is 3.62. The summed E-state index contributed by atoms with van der Waals surface area (Å²) in [6, 6.07) is 4.33. The van der Waals surface area contributed by atoms with E-state index in [2.05, 4.69) is 4.57 Å². The Balaban J connectivity index is 1.78. The normalized spacial score (nSPS) is 21.7. The minimum absolute atomic E-state index is 0.0576. The Morgan fingerprint density at radius 1 is 1.38 bits per heavy atom. The summed E-state index contributed by atoms with van der Waals surface area (Å²) >= 11 is 0. The third-order valence-corrected chi connectivity index (χ3v) is 3.62. The number of aliphatic hydroxyl groups is 1. The molecule has 0 atom stereocenters. The standard InChI is InChI=1S/C12H16N2O2/c15-10-7-13(8-10)12(16)11-5-2-6-14(11)9-3-1-4-9/h2,5-6,9-10,15H,1,3-4,7-8H2. The number of carbonyl (C=O) groups excluding carboxylic acids is 1. The Hall–Kier alpha value is -1.29. The lowest BCUT2D eigenvalue weighted by Gasteiger charge is -2.37. The average molecular weight is 220 g/mol. The SMILES string of the molecule is O=C(c1cccn1C1CCC1)N1CC(O)C1. The van der Waals surface area contributed by atoms with E-state index in [1.54, 1.807) is 4.90 Å². The monoisotopic (exact) mass is 220 g/mol. The summed E-state index contributed by atoms with van der Waals surface area (Å²) in [6.07, 6.45) is 5.29. The van der Waals surface area contributed by atoms with E-state index in [4.69, 9.17) is 0 Å². The molecule has 1 aromatic rings. The number of hydrogen-bond donors (Lipinski definition) is 1. The predicted octanol–water partition coefficient (Wildman–Crippen LogP) is 1.03. The van der Waals surface area contributed by atoms with E-state index >= 15 is 0 Å². The molecule has 2 fully saturated rings. The Morgan fingerprint density at radius 2 is 2.12 bits per heavy atom. The number of rotatable bonds is 2. The lowest BCUT2D eigenvalue weighted by molar-refractivity contribution is 0.00492. The highest BCUT2D eigenvalue weighted by Gasteiger charge is 2.32. The molecule has 1 saturated carbocycles. The molecule has 1 aliphatic heterocycles. The van der Waals surface area contributed by atoms with Gasteiger partial charge in [-0.05, 0) is 31.4 Å². The molecule has 16 heavy (non-hydrogen) atoms. The summed E-state index contributed by atoms with van der Waals surface area (Å²) in [5.41, 5.74) is 0.775. The van der Waals surface area contributed by atoms with Crippen LogP contribution < -0.4 is 0 Å².